The second-order valence-electron chi connectivity index (χ2n) is 3.36. The number of nitrogens with zero attached hydrogens (tertiary/aromatic N) is 1. The van der Waals surface area contributed by atoms with Gasteiger partial charge in [0, 0.05) is 19.0 Å². The lowest BCUT2D eigenvalue weighted by molar-refractivity contribution is -0.132. The van der Waals surface area contributed by atoms with Crippen LogP contribution in [0.4, 0.5) is 0 Å². The standard InChI is InChI=1S/C9H19ClN2O3S/c1-4-12(5-2)9(13)8(3)11-16(14,15)7-6-10/h8,11H,4-7H2,1-3H3. The molecule has 0 radical (unpaired) electrons. The lowest BCUT2D eigenvalue weighted by Crippen LogP contribution is -2.47. The van der Waals surface area contributed by atoms with Crippen molar-refractivity contribution in [3.63, 3.8) is 0 Å². The van der Waals surface area contributed by atoms with Gasteiger partial charge in [0.05, 0.1) is 11.8 Å². The van der Waals surface area contributed by atoms with Gasteiger partial charge in [-0.05, 0) is 20.8 Å². The van der Waals surface area contributed by atoms with Crippen molar-refractivity contribution in [2.24, 2.45) is 0 Å². The molecule has 0 saturated carbocycles. The van der Waals surface area contributed by atoms with Crippen LogP contribution in [0.15, 0.2) is 0 Å². The molecule has 1 N–H and O–H groups in total. The van der Waals surface area contributed by atoms with Crippen molar-refractivity contribution in [1.29, 1.82) is 0 Å². The van der Waals surface area contributed by atoms with Crippen molar-refractivity contribution >= 4 is 27.5 Å². The van der Waals surface area contributed by atoms with Crippen LogP contribution in [-0.2, 0) is 14.8 Å². The second kappa shape index (κ2) is 7.09. The minimum absolute atomic E-state index is 0.0154. The Bertz CT molecular complexity index is 315. The Morgan fingerprint density at radius 1 is 1.38 bits per heavy atom. The van der Waals surface area contributed by atoms with Crippen molar-refractivity contribution in [1.82, 2.24) is 9.62 Å². The van der Waals surface area contributed by atoms with E-state index >= 15 is 0 Å². The van der Waals surface area contributed by atoms with Crippen molar-refractivity contribution < 1.29 is 13.2 Å². The maximum atomic E-state index is 11.8. The topological polar surface area (TPSA) is 66.5 Å². The fourth-order valence-corrected chi connectivity index (χ4v) is 2.86. The van der Waals surface area contributed by atoms with Gasteiger partial charge in [-0.2, -0.15) is 0 Å². The summed E-state index contributed by atoms with van der Waals surface area (Å²) < 4.78 is 25.1. The minimum atomic E-state index is -3.46. The zero-order chi connectivity index (χ0) is 12.8. The molecule has 0 bridgehead atoms. The highest BCUT2D eigenvalue weighted by Crippen LogP contribution is 1.98. The molecule has 1 atom stereocenters. The van der Waals surface area contributed by atoms with Gasteiger partial charge in [-0.3, -0.25) is 4.79 Å². The molecule has 5 nitrogen and oxygen atoms in total. The van der Waals surface area contributed by atoms with Crippen molar-refractivity contribution in [3.8, 4) is 0 Å². The van der Waals surface area contributed by atoms with Crippen LogP contribution in [0.5, 0.6) is 0 Å². The number of likely N-dealkylation sites (N-methyl/N-ethyl adjacent to an activating group) is 1. The number of hydrogen-bond acceptors (Lipinski definition) is 3. The molecule has 1 amide bonds. The van der Waals surface area contributed by atoms with E-state index in [0.717, 1.165) is 0 Å². The number of hydrogen-bond donors (Lipinski definition) is 1. The van der Waals surface area contributed by atoms with E-state index in [-0.39, 0.29) is 17.5 Å². The van der Waals surface area contributed by atoms with Gasteiger partial charge in [0.1, 0.15) is 0 Å². The summed E-state index contributed by atoms with van der Waals surface area (Å²) in [5, 5.41) is 0. The van der Waals surface area contributed by atoms with Crippen LogP contribution >= 0.6 is 11.6 Å². The molecule has 0 aliphatic heterocycles. The second-order valence-corrected chi connectivity index (χ2v) is 5.61. The molecule has 0 aromatic heterocycles. The number of halogens is 1. The van der Waals surface area contributed by atoms with E-state index in [9.17, 15) is 13.2 Å². The van der Waals surface area contributed by atoms with Crippen LogP contribution in [0.3, 0.4) is 0 Å². The fourth-order valence-electron chi connectivity index (χ4n) is 1.29. The molecular formula is C9H19ClN2O3S. The van der Waals surface area contributed by atoms with Gasteiger partial charge >= 0.3 is 0 Å². The number of nitrogens with one attached hydrogen (secondary N) is 1. The zero-order valence-corrected chi connectivity index (χ0v) is 11.4. The number of amides is 1. The van der Waals surface area contributed by atoms with Crippen LogP contribution in [0.1, 0.15) is 20.8 Å². The third-order valence-corrected chi connectivity index (χ3v) is 4.02. The molecule has 0 aromatic rings. The third kappa shape index (κ3) is 5.14. The zero-order valence-electron chi connectivity index (χ0n) is 9.86. The van der Waals surface area contributed by atoms with Crippen LogP contribution in [-0.4, -0.2) is 50.0 Å². The molecule has 0 aliphatic rings. The van der Waals surface area contributed by atoms with E-state index in [1.807, 2.05) is 13.8 Å². The van der Waals surface area contributed by atoms with Gasteiger partial charge in [-0.15, -0.1) is 11.6 Å². The number of alkyl halides is 1. The summed E-state index contributed by atoms with van der Waals surface area (Å²) in [5.74, 6) is -0.380. The molecule has 0 rings (SSSR count). The number of carbonyl (C=O) groups is 1. The fraction of sp³-hybridized carbons (Fsp3) is 0.889. The largest absolute Gasteiger partial charge is 0.342 e. The number of sulfonamides is 1. The average molecular weight is 271 g/mol. The van der Waals surface area contributed by atoms with Crippen molar-refractivity contribution in [3.05, 3.63) is 0 Å². The summed E-state index contributed by atoms with van der Waals surface area (Å²) >= 11 is 5.35. The van der Waals surface area contributed by atoms with E-state index in [1.54, 1.807) is 4.90 Å². The molecule has 0 saturated heterocycles. The van der Waals surface area contributed by atoms with E-state index in [4.69, 9.17) is 11.6 Å². The summed E-state index contributed by atoms with van der Waals surface area (Å²) in [5.41, 5.74) is 0. The Morgan fingerprint density at radius 2 is 1.88 bits per heavy atom. The average Bonchev–Trinajstić information content (AvgIpc) is 2.18. The molecule has 96 valence electrons. The lowest BCUT2D eigenvalue weighted by Gasteiger charge is -2.23. The normalized spacial score (nSPS) is 13.5. The van der Waals surface area contributed by atoms with Crippen molar-refractivity contribution in [2.75, 3.05) is 24.7 Å². The Labute approximate surface area is 102 Å². The predicted molar refractivity (Wildman–Crippen MR) is 65.0 cm³/mol. The maximum Gasteiger partial charge on any atom is 0.240 e. The summed E-state index contributed by atoms with van der Waals surface area (Å²) in [7, 11) is -3.46. The SMILES string of the molecule is CCN(CC)C(=O)C(C)NS(=O)(=O)CCCl. The van der Waals surface area contributed by atoms with Crippen molar-refractivity contribution in [2.45, 2.75) is 26.8 Å². The van der Waals surface area contributed by atoms with Crippen LogP contribution in [0.2, 0.25) is 0 Å². The lowest BCUT2D eigenvalue weighted by atomic mass is 10.3. The quantitative estimate of drug-likeness (QED) is 0.681. The Kier molecular flexibility index (Phi) is 6.94. The van der Waals surface area contributed by atoms with Gasteiger partial charge < -0.3 is 4.90 Å². The summed E-state index contributed by atoms with van der Waals surface area (Å²) in [4.78, 5) is 13.3. The monoisotopic (exact) mass is 270 g/mol. The van der Waals surface area contributed by atoms with E-state index in [2.05, 4.69) is 4.72 Å². The maximum absolute atomic E-state index is 11.8. The van der Waals surface area contributed by atoms with Crippen LogP contribution in [0, 0.1) is 0 Å². The van der Waals surface area contributed by atoms with E-state index in [0.29, 0.717) is 13.1 Å². The molecule has 16 heavy (non-hydrogen) atoms. The first kappa shape index (κ1) is 15.7. The van der Waals surface area contributed by atoms with Gasteiger partial charge in [0.25, 0.3) is 0 Å². The van der Waals surface area contributed by atoms with E-state index < -0.39 is 16.1 Å². The molecule has 7 heteroatoms. The highest BCUT2D eigenvalue weighted by molar-refractivity contribution is 7.89. The molecule has 0 aromatic carbocycles. The molecule has 0 heterocycles. The summed E-state index contributed by atoms with van der Waals surface area (Å²) in [6.07, 6.45) is 0. The molecule has 0 spiro atoms. The first-order valence-electron chi connectivity index (χ1n) is 5.22. The molecule has 1 unspecified atom stereocenters. The summed E-state index contributed by atoms with van der Waals surface area (Å²) in [6, 6.07) is -0.742. The number of carbonyl (C=O) groups excluding carboxylic acids is 1. The van der Waals surface area contributed by atoms with Crippen LogP contribution in [0.25, 0.3) is 0 Å². The smallest absolute Gasteiger partial charge is 0.240 e. The van der Waals surface area contributed by atoms with Gasteiger partial charge in [-0.25, -0.2) is 13.1 Å². The highest BCUT2D eigenvalue weighted by Gasteiger charge is 2.22. The Balaban J connectivity index is 4.46. The summed E-state index contributed by atoms with van der Waals surface area (Å²) in [6.45, 7) is 6.36. The van der Waals surface area contributed by atoms with Gasteiger partial charge in [0.15, 0.2) is 0 Å². The van der Waals surface area contributed by atoms with E-state index in [1.165, 1.54) is 6.92 Å². The third-order valence-electron chi connectivity index (χ3n) is 2.15. The predicted octanol–water partition coefficient (Wildman–Crippen LogP) is 0.402. The van der Waals surface area contributed by atoms with Crippen LogP contribution < -0.4 is 4.72 Å². The van der Waals surface area contributed by atoms with Gasteiger partial charge in [0.2, 0.25) is 15.9 Å². The first-order chi connectivity index (χ1) is 7.37. The highest BCUT2D eigenvalue weighted by atomic mass is 35.5. The molecule has 0 fully saturated rings. The molecular weight excluding hydrogens is 252 g/mol. The van der Waals surface area contributed by atoms with Gasteiger partial charge in [-0.1, -0.05) is 0 Å². The first-order valence-corrected chi connectivity index (χ1v) is 7.41. The Hall–Kier alpha value is -0.330. The Morgan fingerprint density at radius 3 is 2.25 bits per heavy atom. The molecule has 0 aliphatic carbocycles. The minimum Gasteiger partial charge on any atom is -0.342 e. The number of rotatable bonds is 7.